The summed E-state index contributed by atoms with van der Waals surface area (Å²) in [4.78, 5) is 7.03. The average molecular weight is 361 g/mol. The maximum absolute atomic E-state index is 13.1. The average Bonchev–Trinajstić information content (AvgIpc) is 3.00. The molecule has 6 nitrogen and oxygen atoms in total. The number of halogens is 3. The van der Waals surface area contributed by atoms with E-state index in [9.17, 15) is 28.5 Å². The molecular formula is C16H22F3N3O3. The predicted molar refractivity (Wildman–Crippen MR) is 84.0 cm³/mol. The van der Waals surface area contributed by atoms with Crippen molar-refractivity contribution in [2.24, 2.45) is 5.92 Å². The Labute approximate surface area is 143 Å². The number of pyridine rings is 1. The third-order valence-electron chi connectivity index (χ3n) is 4.88. The normalized spacial score (nSPS) is 31.5. The topological polar surface area (TPSA) is 80.1 Å². The fourth-order valence-corrected chi connectivity index (χ4v) is 3.66. The number of anilines is 1. The van der Waals surface area contributed by atoms with E-state index in [1.54, 1.807) is 4.90 Å². The van der Waals surface area contributed by atoms with Crippen LogP contribution in [0.5, 0.6) is 0 Å². The van der Waals surface area contributed by atoms with Crippen LogP contribution in [0.25, 0.3) is 0 Å². The Morgan fingerprint density at radius 2 is 1.80 bits per heavy atom. The fraction of sp³-hybridized carbons (Fsp3) is 0.688. The number of β-amino-alcohol motifs (C(OH)–C–C–N with tert-alkyl or cyclic N) is 2. The Hall–Kier alpha value is -1.42. The zero-order valence-corrected chi connectivity index (χ0v) is 13.6. The summed E-state index contributed by atoms with van der Waals surface area (Å²) < 4.78 is 39.4. The number of rotatable bonds is 3. The maximum Gasteiger partial charge on any atom is 0.435 e. The molecule has 2 aliphatic rings. The van der Waals surface area contributed by atoms with Gasteiger partial charge in [0.05, 0.1) is 17.9 Å². The van der Waals surface area contributed by atoms with E-state index in [-0.39, 0.29) is 24.7 Å². The fourth-order valence-electron chi connectivity index (χ4n) is 3.66. The van der Waals surface area contributed by atoms with Crippen molar-refractivity contribution in [2.75, 3.05) is 37.6 Å². The van der Waals surface area contributed by atoms with Crippen molar-refractivity contribution in [1.29, 1.82) is 0 Å². The first-order chi connectivity index (χ1) is 11.8. The SMILES string of the molecule is OC1CN(C[C@H]2CCN(c3cccnc3C(F)(F)F)C2)CC(O)C1O. The number of piperidine rings is 1. The van der Waals surface area contributed by atoms with Gasteiger partial charge in [-0.3, -0.25) is 4.90 Å². The zero-order valence-electron chi connectivity index (χ0n) is 13.6. The predicted octanol–water partition coefficient (Wildman–Crippen LogP) is 0.325. The monoisotopic (exact) mass is 361 g/mol. The molecule has 3 heterocycles. The number of aromatic nitrogens is 1. The lowest BCUT2D eigenvalue weighted by Gasteiger charge is -2.38. The quantitative estimate of drug-likeness (QED) is 0.720. The lowest BCUT2D eigenvalue weighted by Crippen LogP contribution is -2.56. The lowest BCUT2D eigenvalue weighted by molar-refractivity contribution is -0.140. The molecule has 1 aromatic heterocycles. The molecule has 0 saturated carbocycles. The highest BCUT2D eigenvalue weighted by Crippen LogP contribution is 2.36. The van der Waals surface area contributed by atoms with Gasteiger partial charge in [-0.2, -0.15) is 13.2 Å². The Balaban J connectivity index is 1.63. The van der Waals surface area contributed by atoms with Crippen molar-refractivity contribution in [1.82, 2.24) is 9.88 Å². The number of alkyl halides is 3. The van der Waals surface area contributed by atoms with Gasteiger partial charge in [0.1, 0.15) is 6.10 Å². The summed E-state index contributed by atoms with van der Waals surface area (Å²) in [5, 5.41) is 29.1. The first-order valence-electron chi connectivity index (χ1n) is 8.29. The van der Waals surface area contributed by atoms with Crippen molar-refractivity contribution >= 4 is 5.69 Å². The summed E-state index contributed by atoms with van der Waals surface area (Å²) >= 11 is 0. The van der Waals surface area contributed by atoms with E-state index in [1.165, 1.54) is 12.1 Å². The van der Waals surface area contributed by atoms with E-state index in [0.29, 0.717) is 19.6 Å². The largest absolute Gasteiger partial charge is 0.435 e. The van der Waals surface area contributed by atoms with Crippen LogP contribution in [0.3, 0.4) is 0 Å². The van der Waals surface area contributed by atoms with Gasteiger partial charge in [-0.1, -0.05) is 0 Å². The van der Waals surface area contributed by atoms with Crippen molar-refractivity contribution in [3.05, 3.63) is 24.0 Å². The van der Waals surface area contributed by atoms with E-state index >= 15 is 0 Å². The molecule has 0 radical (unpaired) electrons. The first kappa shape index (κ1) is 18.4. The van der Waals surface area contributed by atoms with Crippen LogP contribution in [0.15, 0.2) is 18.3 Å². The van der Waals surface area contributed by atoms with Gasteiger partial charge in [0.2, 0.25) is 0 Å². The second kappa shape index (κ2) is 7.06. The smallest absolute Gasteiger partial charge is 0.389 e. The van der Waals surface area contributed by atoms with Crippen LogP contribution < -0.4 is 4.90 Å². The van der Waals surface area contributed by atoms with Gasteiger partial charge in [0.25, 0.3) is 0 Å². The van der Waals surface area contributed by atoms with Crippen molar-refractivity contribution in [3.8, 4) is 0 Å². The minimum Gasteiger partial charge on any atom is -0.389 e. The molecule has 0 aliphatic carbocycles. The molecule has 2 aliphatic heterocycles. The molecule has 2 saturated heterocycles. The highest BCUT2D eigenvalue weighted by Gasteiger charge is 2.39. The Bertz CT molecular complexity index is 589. The van der Waals surface area contributed by atoms with Crippen LogP contribution in [0.2, 0.25) is 0 Å². The Morgan fingerprint density at radius 3 is 2.44 bits per heavy atom. The van der Waals surface area contributed by atoms with E-state index < -0.39 is 30.2 Å². The summed E-state index contributed by atoms with van der Waals surface area (Å²) in [5.74, 6) is 0.121. The minimum atomic E-state index is -4.49. The molecule has 0 spiro atoms. The summed E-state index contributed by atoms with van der Waals surface area (Å²) in [6, 6.07) is 2.93. The van der Waals surface area contributed by atoms with Gasteiger partial charge in [0, 0.05) is 38.9 Å². The number of hydrogen-bond donors (Lipinski definition) is 3. The summed E-state index contributed by atoms with van der Waals surface area (Å²) in [5.41, 5.74) is -0.783. The van der Waals surface area contributed by atoms with E-state index in [2.05, 4.69) is 4.98 Å². The van der Waals surface area contributed by atoms with Crippen LogP contribution in [0, 0.1) is 5.92 Å². The molecule has 3 N–H and O–H groups in total. The molecule has 0 amide bonds. The maximum atomic E-state index is 13.1. The molecule has 25 heavy (non-hydrogen) atoms. The number of likely N-dealkylation sites (tertiary alicyclic amines) is 1. The zero-order chi connectivity index (χ0) is 18.2. The summed E-state index contributed by atoms with van der Waals surface area (Å²) in [6.07, 6.45) is -5.82. The lowest BCUT2D eigenvalue weighted by atomic mass is 10.00. The number of hydrogen-bond acceptors (Lipinski definition) is 6. The molecular weight excluding hydrogens is 339 g/mol. The van der Waals surface area contributed by atoms with Crippen molar-refractivity contribution < 1.29 is 28.5 Å². The third-order valence-corrected chi connectivity index (χ3v) is 4.88. The molecule has 0 bridgehead atoms. The number of aliphatic hydroxyl groups is 3. The van der Waals surface area contributed by atoms with Gasteiger partial charge in [-0.15, -0.1) is 0 Å². The van der Waals surface area contributed by atoms with E-state index in [1.807, 2.05) is 4.90 Å². The van der Waals surface area contributed by atoms with Gasteiger partial charge in [-0.05, 0) is 24.5 Å². The molecule has 2 unspecified atom stereocenters. The number of nitrogens with zero attached hydrogens (tertiary/aromatic N) is 3. The van der Waals surface area contributed by atoms with Crippen LogP contribution in [-0.2, 0) is 6.18 Å². The first-order valence-corrected chi connectivity index (χ1v) is 8.29. The summed E-state index contributed by atoms with van der Waals surface area (Å²) in [7, 11) is 0. The molecule has 9 heteroatoms. The minimum absolute atomic E-state index is 0.0895. The Morgan fingerprint density at radius 1 is 1.12 bits per heavy atom. The molecule has 1 aromatic rings. The molecule has 2 fully saturated rings. The van der Waals surface area contributed by atoms with E-state index in [4.69, 9.17) is 0 Å². The highest BCUT2D eigenvalue weighted by atomic mass is 19.4. The highest BCUT2D eigenvalue weighted by molar-refractivity contribution is 5.52. The second-order valence-corrected chi connectivity index (χ2v) is 6.81. The standard InChI is InChI=1S/C16H22F3N3O3/c17-16(18,19)15-11(2-1-4-20-15)22-5-3-10(7-22)6-21-8-12(23)14(25)13(24)9-21/h1-2,4,10,12-14,23-25H,3,5-9H2/t10-,12?,13?,14?/m1/s1. The second-order valence-electron chi connectivity index (χ2n) is 6.81. The van der Waals surface area contributed by atoms with Crippen molar-refractivity contribution in [2.45, 2.75) is 30.9 Å². The molecule has 3 atom stereocenters. The molecule has 3 rings (SSSR count). The Kier molecular flexibility index (Phi) is 5.19. The molecule has 0 aromatic carbocycles. The van der Waals surface area contributed by atoms with Gasteiger partial charge in [0.15, 0.2) is 5.69 Å². The summed E-state index contributed by atoms with van der Waals surface area (Å²) in [6.45, 7) is 2.00. The molecule has 140 valence electrons. The van der Waals surface area contributed by atoms with E-state index in [0.717, 1.165) is 12.6 Å². The van der Waals surface area contributed by atoms with Crippen LogP contribution in [-0.4, -0.2) is 76.2 Å². The van der Waals surface area contributed by atoms with Gasteiger partial charge >= 0.3 is 6.18 Å². The van der Waals surface area contributed by atoms with Gasteiger partial charge < -0.3 is 20.2 Å². The van der Waals surface area contributed by atoms with Gasteiger partial charge in [-0.25, -0.2) is 4.98 Å². The van der Waals surface area contributed by atoms with Crippen LogP contribution >= 0.6 is 0 Å². The number of aliphatic hydroxyl groups excluding tert-OH is 3. The van der Waals surface area contributed by atoms with Crippen LogP contribution in [0.4, 0.5) is 18.9 Å². The van der Waals surface area contributed by atoms with Crippen LogP contribution in [0.1, 0.15) is 12.1 Å². The van der Waals surface area contributed by atoms with Crippen molar-refractivity contribution in [3.63, 3.8) is 0 Å². The third kappa shape index (κ3) is 4.05.